The van der Waals surface area contributed by atoms with Crippen molar-refractivity contribution in [3.63, 3.8) is 0 Å². The lowest BCUT2D eigenvalue weighted by Gasteiger charge is -2.14. The van der Waals surface area contributed by atoms with Gasteiger partial charge in [0.1, 0.15) is 0 Å². The molecule has 0 aliphatic heterocycles. The first-order valence-corrected chi connectivity index (χ1v) is 10.9. The Labute approximate surface area is 178 Å². The molecule has 1 N–H and O–H groups in total. The van der Waals surface area contributed by atoms with Crippen LogP contribution in [0.2, 0.25) is 0 Å². The van der Waals surface area contributed by atoms with Crippen LogP contribution < -0.4 is 14.3 Å². The van der Waals surface area contributed by atoms with Gasteiger partial charge in [-0.3, -0.25) is 4.79 Å². The molecule has 2 aromatic rings. The number of hydrogen-bond acceptors (Lipinski definition) is 6. The molecule has 0 heterocycles. The molecule has 2 rings (SSSR count). The fraction of sp³-hybridized carbons (Fsp3) is 0.263. The molecule has 0 fully saturated rings. The smallest absolute Gasteiger partial charge is 0.276 e. The highest BCUT2D eigenvalue weighted by Gasteiger charge is 2.13. The molecule has 0 bridgehead atoms. The number of nitrogens with one attached hydrogen (secondary N) is 1. The monoisotopic (exact) mass is 483 g/mol. The van der Waals surface area contributed by atoms with Crippen LogP contribution >= 0.6 is 15.9 Å². The maximum Gasteiger partial charge on any atom is 0.276 e. The maximum atomic E-state index is 12.2. The van der Waals surface area contributed by atoms with Crippen molar-refractivity contribution in [2.24, 2.45) is 5.10 Å². The van der Waals surface area contributed by atoms with Crippen LogP contribution in [-0.2, 0) is 14.8 Å². The van der Waals surface area contributed by atoms with Crippen LogP contribution in [0.15, 0.2) is 56.9 Å². The minimum Gasteiger partial charge on any atom is -0.490 e. The summed E-state index contributed by atoms with van der Waals surface area (Å²) in [5.74, 6) is 0.661. The molecule has 0 saturated carbocycles. The third kappa shape index (κ3) is 6.75. The summed E-state index contributed by atoms with van der Waals surface area (Å²) in [6.45, 7) is 2.10. The van der Waals surface area contributed by atoms with Gasteiger partial charge in [-0.15, -0.1) is 0 Å². The van der Waals surface area contributed by atoms with E-state index in [1.165, 1.54) is 23.2 Å². The number of hydrogen-bond donors (Lipinski definition) is 1. The van der Waals surface area contributed by atoms with Gasteiger partial charge in [-0.1, -0.05) is 15.9 Å². The number of carbonyl (C=O) groups excluding carboxylic acids is 1. The lowest BCUT2D eigenvalue weighted by Crippen LogP contribution is -2.27. The molecule has 0 saturated heterocycles. The van der Waals surface area contributed by atoms with Gasteiger partial charge in [0.05, 0.1) is 17.7 Å². The molecule has 0 aromatic heterocycles. The molecule has 29 heavy (non-hydrogen) atoms. The molecule has 0 spiro atoms. The number of sulfonamides is 1. The van der Waals surface area contributed by atoms with Crippen molar-refractivity contribution in [1.82, 2.24) is 9.73 Å². The number of rotatable bonds is 9. The molecule has 8 nitrogen and oxygen atoms in total. The molecular weight excluding hydrogens is 462 g/mol. The van der Waals surface area contributed by atoms with Crippen LogP contribution in [0.1, 0.15) is 12.5 Å². The topological polar surface area (TPSA) is 97.3 Å². The second-order valence-corrected chi connectivity index (χ2v) is 8.60. The largest absolute Gasteiger partial charge is 0.490 e. The van der Waals surface area contributed by atoms with Crippen LogP contribution in [0.25, 0.3) is 0 Å². The summed E-state index contributed by atoms with van der Waals surface area (Å²) in [6.07, 6.45) is 1.35. The normalized spacial score (nSPS) is 11.3. The first-order chi connectivity index (χ1) is 13.7. The van der Waals surface area contributed by atoms with Crippen molar-refractivity contribution < 1.29 is 22.7 Å². The van der Waals surface area contributed by atoms with E-state index in [2.05, 4.69) is 25.9 Å². The summed E-state index contributed by atoms with van der Waals surface area (Å²) >= 11 is 3.26. The second kappa shape index (κ2) is 10.3. The van der Waals surface area contributed by atoms with Crippen LogP contribution in [-0.4, -0.2) is 52.7 Å². The number of carbonyl (C=O) groups is 1. The Kier molecular flexibility index (Phi) is 8.03. The Morgan fingerprint density at radius 2 is 1.83 bits per heavy atom. The Hall–Kier alpha value is -2.59. The standard InChI is InChI=1S/C19H22BrN3O5S/c1-4-27-18-11-14(5-10-17(18)28-13-19(24)23(2)3)12-21-22-29(25,26)16-8-6-15(20)7-9-16/h5-12,22H,4,13H2,1-3H3. The van der Waals surface area contributed by atoms with Crippen LogP contribution in [0.3, 0.4) is 0 Å². The minimum atomic E-state index is -3.77. The predicted octanol–water partition coefficient (Wildman–Crippen LogP) is 2.63. The quantitative estimate of drug-likeness (QED) is 0.436. The van der Waals surface area contributed by atoms with Crippen molar-refractivity contribution in [1.29, 1.82) is 0 Å². The van der Waals surface area contributed by atoms with E-state index in [9.17, 15) is 13.2 Å². The van der Waals surface area contributed by atoms with Crippen LogP contribution in [0.4, 0.5) is 0 Å². The summed E-state index contributed by atoms with van der Waals surface area (Å²) < 4.78 is 36.3. The fourth-order valence-electron chi connectivity index (χ4n) is 2.10. The number of nitrogens with zero attached hydrogens (tertiary/aromatic N) is 2. The van der Waals surface area contributed by atoms with Crippen molar-refractivity contribution in [2.45, 2.75) is 11.8 Å². The van der Waals surface area contributed by atoms with Gasteiger partial charge in [0.15, 0.2) is 18.1 Å². The highest BCUT2D eigenvalue weighted by molar-refractivity contribution is 9.10. The van der Waals surface area contributed by atoms with E-state index < -0.39 is 10.0 Å². The van der Waals surface area contributed by atoms with Crippen molar-refractivity contribution >= 4 is 38.1 Å². The van der Waals surface area contributed by atoms with Crippen molar-refractivity contribution in [2.75, 3.05) is 27.3 Å². The van der Waals surface area contributed by atoms with Crippen molar-refractivity contribution in [3.8, 4) is 11.5 Å². The molecular formula is C19H22BrN3O5S. The molecule has 10 heteroatoms. The number of amides is 1. The van der Waals surface area contributed by atoms with Gasteiger partial charge in [-0.25, -0.2) is 4.83 Å². The van der Waals surface area contributed by atoms with Gasteiger partial charge in [0.2, 0.25) is 0 Å². The summed E-state index contributed by atoms with van der Waals surface area (Å²) in [7, 11) is -0.483. The van der Waals surface area contributed by atoms with E-state index in [-0.39, 0.29) is 17.4 Å². The number of ether oxygens (including phenoxy) is 2. The van der Waals surface area contributed by atoms with Gasteiger partial charge in [0.25, 0.3) is 15.9 Å². The van der Waals surface area contributed by atoms with Crippen LogP contribution in [0.5, 0.6) is 11.5 Å². The third-order valence-electron chi connectivity index (χ3n) is 3.63. The van der Waals surface area contributed by atoms with E-state index >= 15 is 0 Å². The van der Waals surface area contributed by atoms with E-state index in [0.29, 0.717) is 23.7 Å². The first kappa shape index (κ1) is 22.7. The summed E-state index contributed by atoms with van der Waals surface area (Å²) in [4.78, 5) is 15.4. The van der Waals surface area contributed by atoms with Gasteiger partial charge in [0, 0.05) is 18.6 Å². The van der Waals surface area contributed by atoms with E-state index in [0.717, 1.165) is 4.47 Å². The minimum absolute atomic E-state index is 0.0992. The summed E-state index contributed by atoms with van der Waals surface area (Å²) in [5.41, 5.74) is 0.596. The molecule has 0 radical (unpaired) electrons. The zero-order valence-corrected chi connectivity index (χ0v) is 18.7. The Bertz CT molecular complexity index is 976. The molecule has 1 amide bonds. The average Bonchev–Trinajstić information content (AvgIpc) is 2.67. The molecule has 2 aromatic carbocycles. The highest BCUT2D eigenvalue weighted by atomic mass is 79.9. The third-order valence-corrected chi connectivity index (χ3v) is 5.40. The lowest BCUT2D eigenvalue weighted by molar-refractivity contribution is -0.130. The number of likely N-dealkylation sites (N-methyl/N-ethyl adjacent to an activating group) is 1. The lowest BCUT2D eigenvalue weighted by atomic mass is 10.2. The zero-order chi connectivity index (χ0) is 21.4. The predicted molar refractivity (Wildman–Crippen MR) is 114 cm³/mol. The summed E-state index contributed by atoms with van der Waals surface area (Å²) in [5, 5.41) is 3.81. The maximum absolute atomic E-state index is 12.2. The molecule has 0 atom stereocenters. The van der Waals surface area contributed by atoms with E-state index in [1.54, 1.807) is 44.4 Å². The SMILES string of the molecule is CCOc1cc(C=NNS(=O)(=O)c2ccc(Br)cc2)ccc1OCC(=O)N(C)C. The number of benzene rings is 2. The number of hydrazone groups is 1. The Morgan fingerprint density at radius 3 is 2.45 bits per heavy atom. The van der Waals surface area contributed by atoms with E-state index in [4.69, 9.17) is 9.47 Å². The van der Waals surface area contributed by atoms with Gasteiger partial charge < -0.3 is 14.4 Å². The molecule has 0 aliphatic carbocycles. The van der Waals surface area contributed by atoms with Gasteiger partial charge in [-0.05, 0) is 55.0 Å². The Balaban J connectivity index is 2.10. The highest BCUT2D eigenvalue weighted by Crippen LogP contribution is 2.28. The number of halogens is 1. The zero-order valence-electron chi connectivity index (χ0n) is 16.3. The molecule has 0 unspecified atom stereocenters. The molecule has 0 aliphatic rings. The Morgan fingerprint density at radius 1 is 1.14 bits per heavy atom. The van der Waals surface area contributed by atoms with Crippen LogP contribution in [0, 0.1) is 0 Å². The second-order valence-electron chi connectivity index (χ2n) is 6.02. The fourth-order valence-corrected chi connectivity index (χ4v) is 3.15. The molecule has 156 valence electrons. The van der Waals surface area contributed by atoms with Gasteiger partial charge in [-0.2, -0.15) is 13.5 Å². The van der Waals surface area contributed by atoms with Gasteiger partial charge >= 0.3 is 0 Å². The van der Waals surface area contributed by atoms with Crippen molar-refractivity contribution in [3.05, 3.63) is 52.5 Å². The summed E-state index contributed by atoms with van der Waals surface area (Å²) in [6, 6.07) is 11.2. The first-order valence-electron chi connectivity index (χ1n) is 8.63. The average molecular weight is 484 g/mol. The van der Waals surface area contributed by atoms with E-state index in [1.807, 2.05) is 6.92 Å².